The number of hydrogen-bond acceptors (Lipinski definition) is 3. The summed E-state index contributed by atoms with van der Waals surface area (Å²) < 4.78 is 4.03. The molecule has 1 aliphatic rings. The molecular formula is C11H15NOS. The molecule has 0 fully saturated rings. The number of aliphatic hydroxyl groups is 1. The Morgan fingerprint density at radius 1 is 1.71 bits per heavy atom. The van der Waals surface area contributed by atoms with Gasteiger partial charge in [0.2, 0.25) is 0 Å². The highest BCUT2D eigenvalue weighted by Crippen LogP contribution is 2.35. The van der Waals surface area contributed by atoms with Crippen LogP contribution in [0.1, 0.15) is 31.7 Å². The molecule has 0 bridgehead atoms. The van der Waals surface area contributed by atoms with Crippen molar-refractivity contribution in [2.24, 2.45) is 5.92 Å². The third-order valence-corrected chi connectivity index (χ3v) is 3.58. The third-order valence-electron chi connectivity index (χ3n) is 3.00. The van der Waals surface area contributed by atoms with E-state index < -0.39 is 5.60 Å². The first kappa shape index (κ1) is 9.87. The maximum Gasteiger partial charge on any atom is 0.110 e. The molecule has 0 saturated carbocycles. The Labute approximate surface area is 88.5 Å². The van der Waals surface area contributed by atoms with Crippen LogP contribution in [0.25, 0.3) is 0 Å². The highest BCUT2D eigenvalue weighted by atomic mass is 32.1. The summed E-state index contributed by atoms with van der Waals surface area (Å²) >= 11 is 1.39. The fourth-order valence-electron chi connectivity index (χ4n) is 1.88. The van der Waals surface area contributed by atoms with Crippen LogP contribution < -0.4 is 0 Å². The maximum absolute atomic E-state index is 10.3. The first-order chi connectivity index (χ1) is 6.74. The molecule has 3 heteroatoms. The quantitative estimate of drug-likeness (QED) is 0.760. The molecule has 2 rings (SSSR count). The summed E-state index contributed by atoms with van der Waals surface area (Å²) in [6.07, 6.45) is 8.89. The maximum atomic E-state index is 10.3. The topological polar surface area (TPSA) is 33.1 Å². The zero-order valence-corrected chi connectivity index (χ0v) is 9.13. The normalized spacial score (nSPS) is 32.0. The highest BCUT2D eigenvalue weighted by Gasteiger charge is 2.30. The van der Waals surface area contributed by atoms with Gasteiger partial charge in [-0.15, -0.1) is 0 Å². The first-order valence-electron chi connectivity index (χ1n) is 5.06. The van der Waals surface area contributed by atoms with Crippen LogP contribution in [0.5, 0.6) is 0 Å². The Hall–Kier alpha value is -0.670. The molecule has 2 unspecified atom stereocenters. The van der Waals surface area contributed by atoms with Gasteiger partial charge in [-0.1, -0.05) is 19.1 Å². The van der Waals surface area contributed by atoms with E-state index in [4.69, 9.17) is 0 Å². The van der Waals surface area contributed by atoms with E-state index in [1.165, 1.54) is 11.5 Å². The molecule has 2 nitrogen and oxygen atoms in total. The fraction of sp³-hybridized carbons (Fsp3) is 0.545. The number of allylic oxidation sites excluding steroid dienone is 1. The zero-order chi connectivity index (χ0) is 10.0. The molecule has 1 N–H and O–H groups in total. The Bertz CT molecular complexity index is 320. The molecule has 0 radical (unpaired) electrons. The lowest BCUT2D eigenvalue weighted by Crippen LogP contribution is -2.26. The van der Waals surface area contributed by atoms with E-state index in [-0.39, 0.29) is 0 Å². The Kier molecular flexibility index (Phi) is 2.70. The molecule has 2 atom stereocenters. The SMILES string of the molecule is CCC1C=CC(O)(c2cnsc2)CC1. The Balaban J connectivity index is 2.20. The lowest BCUT2D eigenvalue weighted by Gasteiger charge is -2.29. The first-order valence-corrected chi connectivity index (χ1v) is 5.90. The molecule has 14 heavy (non-hydrogen) atoms. The van der Waals surface area contributed by atoms with E-state index in [0.717, 1.165) is 24.8 Å². The van der Waals surface area contributed by atoms with Crippen LogP contribution in [0, 0.1) is 5.92 Å². The Morgan fingerprint density at radius 3 is 3.07 bits per heavy atom. The van der Waals surface area contributed by atoms with E-state index >= 15 is 0 Å². The third kappa shape index (κ3) is 1.74. The second kappa shape index (κ2) is 3.83. The summed E-state index contributed by atoms with van der Waals surface area (Å²) in [6, 6.07) is 0. The van der Waals surface area contributed by atoms with Crippen molar-refractivity contribution in [2.45, 2.75) is 31.8 Å². The van der Waals surface area contributed by atoms with Crippen LogP contribution in [0.3, 0.4) is 0 Å². The van der Waals surface area contributed by atoms with Gasteiger partial charge in [0, 0.05) is 17.1 Å². The smallest absolute Gasteiger partial charge is 0.110 e. The van der Waals surface area contributed by atoms with Crippen molar-refractivity contribution in [3.63, 3.8) is 0 Å². The predicted octanol–water partition coefficient (Wildman–Crippen LogP) is 2.71. The van der Waals surface area contributed by atoms with Crippen LogP contribution in [0.2, 0.25) is 0 Å². The van der Waals surface area contributed by atoms with E-state index in [2.05, 4.69) is 17.4 Å². The number of rotatable bonds is 2. The summed E-state index contributed by atoms with van der Waals surface area (Å²) in [7, 11) is 0. The lowest BCUT2D eigenvalue weighted by molar-refractivity contribution is 0.0663. The van der Waals surface area contributed by atoms with Gasteiger partial charge in [-0.2, -0.15) is 0 Å². The number of nitrogens with zero attached hydrogens (tertiary/aromatic N) is 1. The molecule has 1 heterocycles. The molecule has 1 aliphatic carbocycles. The molecule has 0 spiro atoms. The predicted molar refractivity (Wildman–Crippen MR) is 58.2 cm³/mol. The van der Waals surface area contributed by atoms with Gasteiger partial charge in [-0.25, -0.2) is 4.37 Å². The summed E-state index contributed by atoms with van der Waals surface area (Å²) in [6.45, 7) is 2.19. The molecule has 1 aromatic rings. The van der Waals surface area contributed by atoms with Crippen molar-refractivity contribution in [3.8, 4) is 0 Å². The second-order valence-electron chi connectivity index (χ2n) is 3.90. The lowest BCUT2D eigenvalue weighted by atomic mass is 9.81. The van der Waals surface area contributed by atoms with Crippen LogP contribution in [-0.2, 0) is 5.60 Å². The standard InChI is InChI=1S/C11H15NOS/c1-2-9-3-5-11(13,6-4-9)10-7-12-14-8-10/h3,5,7-9,13H,2,4,6H2,1H3. The summed E-state index contributed by atoms with van der Waals surface area (Å²) in [4.78, 5) is 0. The molecule has 76 valence electrons. The number of aromatic nitrogens is 1. The van der Waals surface area contributed by atoms with E-state index in [0.29, 0.717) is 5.92 Å². The zero-order valence-electron chi connectivity index (χ0n) is 8.31. The van der Waals surface area contributed by atoms with Gasteiger partial charge >= 0.3 is 0 Å². The van der Waals surface area contributed by atoms with Gasteiger partial charge in [-0.05, 0) is 36.7 Å². The number of hydrogen-bond donors (Lipinski definition) is 1. The average molecular weight is 209 g/mol. The minimum Gasteiger partial charge on any atom is -0.381 e. The minimum atomic E-state index is -0.751. The van der Waals surface area contributed by atoms with Gasteiger partial charge in [-0.3, -0.25) is 0 Å². The van der Waals surface area contributed by atoms with Crippen LogP contribution in [-0.4, -0.2) is 9.48 Å². The van der Waals surface area contributed by atoms with E-state index in [1.54, 1.807) is 6.20 Å². The summed E-state index contributed by atoms with van der Waals surface area (Å²) in [5.41, 5.74) is 0.187. The van der Waals surface area contributed by atoms with Crippen LogP contribution in [0.4, 0.5) is 0 Å². The minimum absolute atomic E-state index is 0.641. The highest BCUT2D eigenvalue weighted by molar-refractivity contribution is 7.03. The van der Waals surface area contributed by atoms with Gasteiger partial charge in [0.1, 0.15) is 5.60 Å². The van der Waals surface area contributed by atoms with Gasteiger partial charge < -0.3 is 5.11 Å². The van der Waals surface area contributed by atoms with Crippen molar-refractivity contribution in [2.75, 3.05) is 0 Å². The van der Waals surface area contributed by atoms with Crippen molar-refractivity contribution in [1.29, 1.82) is 0 Å². The van der Waals surface area contributed by atoms with E-state index in [1.807, 2.05) is 11.5 Å². The largest absolute Gasteiger partial charge is 0.381 e. The van der Waals surface area contributed by atoms with Crippen LogP contribution >= 0.6 is 11.5 Å². The van der Waals surface area contributed by atoms with Gasteiger partial charge in [0.25, 0.3) is 0 Å². The van der Waals surface area contributed by atoms with Crippen LogP contribution in [0.15, 0.2) is 23.7 Å². The summed E-state index contributed by atoms with van der Waals surface area (Å²) in [5.74, 6) is 0.641. The monoisotopic (exact) mass is 209 g/mol. The molecule has 0 aromatic carbocycles. The molecule has 0 saturated heterocycles. The summed E-state index contributed by atoms with van der Waals surface area (Å²) in [5, 5.41) is 12.3. The van der Waals surface area contributed by atoms with Gasteiger partial charge in [0.15, 0.2) is 0 Å². The molecule has 0 aliphatic heterocycles. The fourth-order valence-corrected chi connectivity index (χ4v) is 2.49. The van der Waals surface area contributed by atoms with Crippen molar-refractivity contribution in [3.05, 3.63) is 29.3 Å². The molecule has 1 aromatic heterocycles. The van der Waals surface area contributed by atoms with Gasteiger partial charge in [0.05, 0.1) is 0 Å². The van der Waals surface area contributed by atoms with Crippen molar-refractivity contribution in [1.82, 2.24) is 4.37 Å². The molecule has 0 amide bonds. The Morgan fingerprint density at radius 2 is 2.57 bits per heavy atom. The van der Waals surface area contributed by atoms with E-state index in [9.17, 15) is 5.11 Å². The average Bonchev–Trinajstić information content (AvgIpc) is 2.72. The van der Waals surface area contributed by atoms with Crippen molar-refractivity contribution < 1.29 is 5.11 Å². The van der Waals surface area contributed by atoms with Crippen molar-refractivity contribution >= 4 is 11.5 Å². The second-order valence-corrected chi connectivity index (χ2v) is 4.56. The molecular weight excluding hydrogens is 194 g/mol.